The van der Waals surface area contributed by atoms with Crippen molar-refractivity contribution in [1.82, 2.24) is 4.98 Å². The summed E-state index contributed by atoms with van der Waals surface area (Å²) >= 11 is 0. The van der Waals surface area contributed by atoms with Crippen LogP contribution in [0.2, 0.25) is 0 Å². The van der Waals surface area contributed by atoms with E-state index in [1.807, 2.05) is 12.4 Å². The van der Waals surface area contributed by atoms with E-state index >= 15 is 0 Å². The number of fused-ring (bicyclic) bond motifs is 3. The van der Waals surface area contributed by atoms with Gasteiger partial charge in [0.1, 0.15) is 0 Å². The molecule has 2 heteroatoms. The Hall–Kier alpha value is -3.13. The van der Waals surface area contributed by atoms with Crippen molar-refractivity contribution in [1.29, 1.82) is 0 Å². The van der Waals surface area contributed by atoms with E-state index in [2.05, 4.69) is 110 Å². The van der Waals surface area contributed by atoms with E-state index in [1.54, 1.807) is 0 Å². The van der Waals surface area contributed by atoms with Gasteiger partial charge in [-0.3, -0.25) is 4.98 Å². The first kappa shape index (κ1) is 17.9. The molecule has 2 unspecified atom stereocenters. The molecule has 144 valence electrons. The van der Waals surface area contributed by atoms with Gasteiger partial charge in [0.2, 0.25) is 0 Å². The van der Waals surface area contributed by atoms with Crippen molar-refractivity contribution in [2.75, 3.05) is 4.90 Å². The Morgan fingerprint density at radius 2 is 1.59 bits per heavy atom. The second kappa shape index (κ2) is 6.73. The molecule has 0 amide bonds. The van der Waals surface area contributed by atoms with Crippen LogP contribution in [0.1, 0.15) is 37.8 Å². The number of allylic oxidation sites excluding steroid dienone is 2. The van der Waals surface area contributed by atoms with Crippen LogP contribution in [0.4, 0.5) is 11.4 Å². The van der Waals surface area contributed by atoms with Crippen LogP contribution in [0.15, 0.2) is 91.3 Å². The summed E-state index contributed by atoms with van der Waals surface area (Å²) in [5, 5.41) is 0. The average molecular weight is 379 g/mol. The van der Waals surface area contributed by atoms with Crippen LogP contribution in [-0.4, -0.2) is 11.0 Å². The van der Waals surface area contributed by atoms with Gasteiger partial charge in [-0.05, 0) is 46.4 Å². The number of hydrogen-bond acceptors (Lipinski definition) is 2. The second-order valence-corrected chi connectivity index (χ2v) is 8.97. The maximum atomic E-state index is 4.48. The zero-order valence-electron chi connectivity index (χ0n) is 17.2. The highest BCUT2D eigenvalue weighted by molar-refractivity contribution is 5.77. The molecule has 0 bridgehead atoms. The van der Waals surface area contributed by atoms with E-state index in [9.17, 15) is 0 Å². The highest BCUT2D eigenvalue weighted by atomic mass is 15.2. The minimum Gasteiger partial charge on any atom is -0.333 e. The normalized spacial score (nSPS) is 19.9. The van der Waals surface area contributed by atoms with Gasteiger partial charge in [0.25, 0.3) is 0 Å². The molecule has 2 nitrogen and oxygen atoms in total. The number of hydrogen-bond donors (Lipinski definition) is 0. The molecule has 5 rings (SSSR count). The van der Waals surface area contributed by atoms with E-state index < -0.39 is 0 Å². The Bertz CT molecular complexity index is 1100. The third kappa shape index (κ3) is 3.09. The summed E-state index contributed by atoms with van der Waals surface area (Å²) in [6.07, 6.45) is 12.9. The lowest BCUT2D eigenvalue weighted by molar-refractivity contribution is 0.588. The predicted octanol–water partition coefficient (Wildman–Crippen LogP) is 6.78. The van der Waals surface area contributed by atoms with Crippen LogP contribution in [0, 0.1) is 0 Å². The lowest BCUT2D eigenvalue weighted by Gasteiger charge is -2.28. The Kier molecular flexibility index (Phi) is 4.16. The predicted molar refractivity (Wildman–Crippen MR) is 122 cm³/mol. The van der Waals surface area contributed by atoms with Crippen molar-refractivity contribution in [3.05, 3.63) is 102 Å². The zero-order chi connectivity index (χ0) is 20.0. The van der Waals surface area contributed by atoms with Gasteiger partial charge in [0.05, 0.1) is 6.04 Å². The van der Waals surface area contributed by atoms with Gasteiger partial charge in [0, 0.05) is 35.2 Å². The van der Waals surface area contributed by atoms with Crippen LogP contribution in [0.5, 0.6) is 0 Å². The van der Waals surface area contributed by atoms with Gasteiger partial charge in [0.15, 0.2) is 0 Å². The average Bonchev–Trinajstić information content (AvgIpc) is 3.08. The largest absolute Gasteiger partial charge is 0.333 e. The first-order valence-electron chi connectivity index (χ1n) is 10.3. The number of benzene rings is 2. The second-order valence-electron chi connectivity index (χ2n) is 8.97. The highest BCUT2D eigenvalue weighted by Crippen LogP contribution is 2.47. The van der Waals surface area contributed by atoms with Crippen molar-refractivity contribution < 1.29 is 0 Å². The summed E-state index contributed by atoms with van der Waals surface area (Å²) in [6.45, 7) is 6.68. The number of para-hydroxylation sites is 1. The molecule has 2 aliphatic rings. The summed E-state index contributed by atoms with van der Waals surface area (Å²) < 4.78 is 0. The molecule has 29 heavy (non-hydrogen) atoms. The van der Waals surface area contributed by atoms with Crippen molar-refractivity contribution in [2.24, 2.45) is 0 Å². The minimum atomic E-state index is 0.0953. The molecule has 0 N–H and O–H groups in total. The fourth-order valence-electron chi connectivity index (χ4n) is 4.41. The maximum absolute atomic E-state index is 4.48. The van der Waals surface area contributed by atoms with Crippen LogP contribution in [-0.2, 0) is 5.41 Å². The molecule has 0 radical (unpaired) electrons. The quantitative estimate of drug-likeness (QED) is 0.489. The monoisotopic (exact) mass is 378 g/mol. The van der Waals surface area contributed by atoms with Crippen LogP contribution >= 0.6 is 0 Å². The molecular weight excluding hydrogens is 352 g/mol. The molecule has 0 spiro atoms. The topological polar surface area (TPSA) is 16.1 Å². The molecule has 0 saturated carbocycles. The summed E-state index contributed by atoms with van der Waals surface area (Å²) in [5.74, 6) is 0.420. The third-order valence-electron chi connectivity index (χ3n) is 6.04. The van der Waals surface area contributed by atoms with Crippen molar-refractivity contribution >= 4 is 11.4 Å². The number of aromatic nitrogens is 1. The first-order valence-corrected chi connectivity index (χ1v) is 10.3. The highest BCUT2D eigenvalue weighted by Gasteiger charge is 2.36. The molecule has 2 aromatic carbocycles. The van der Waals surface area contributed by atoms with E-state index in [0.717, 1.165) is 0 Å². The first-order chi connectivity index (χ1) is 14.0. The molecule has 1 aromatic heterocycles. The number of pyridine rings is 1. The summed E-state index contributed by atoms with van der Waals surface area (Å²) in [4.78, 5) is 6.95. The van der Waals surface area contributed by atoms with Crippen LogP contribution in [0.25, 0.3) is 11.1 Å². The van der Waals surface area contributed by atoms with Crippen molar-refractivity contribution in [3.8, 4) is 11.1 Å². The van der Waals surface area contributed by atoms with Gasteiger partial charge in [-0.15, -0.1) is 0 Å². The molecule has 0 fully saturated rings. The third-order valence-corrected chi connectivity index (χ3v) is 6.04. The Morgan fingerprint density at radius 1 is 0.828 bits per heavy atom. The summed E-state index contributed by atoms with van der Waals surface area (Å²) in [5.41, 5.74) is 7.67. The number of nitrogens with zero attached hydrogens (tertiary/aromatic N) is 2. The van der Waals surface area contributed by atoms with Crippen LogP contribution in [0.3, 0.4) is 0 Å². The smallest absolute Gasteiger partial charge is 0.0629 e. The maximum Gasteiger partial charge on any atom is 0.0629 e. The Balaban J connectivity index is 1.51. The fraction of sp³-hybridized carbons (Fsp3) is 0.222. The van der Waals surface area contributed by atoms with Gasteiger partial charge < -0.3 is 4.90 Å². The number of anilines is 2. The SMILES string of the molecule is CC(C)(C)c1cncc(-c2ccc(N3c4ccccc4C4C=CC=CC43)cc2)c1. The van der Waals surface area contributed by atoms with E-state index in [-0.39, 0.29) is 5.41 Å². The van der Waals surface area contributed by atoms with Crippen molar-refractivity contribution in [3.63, 3.8) is 0 Å². The zero-order valence-corrected chi connectivity index (χ0v) is 17.2. The van der Waals surface area contributed by atoms with E-state index in [4.69, 9.17) is 0 Å². The lowest BCUT2D eigenvalue weighted by atomic mass is 9.87. The molecule has 1 aliphatic heterocycles. The summed E-state index contributed by atoms with van der Waals surface area (Å²) in [6, 6.07) is 20.3. The standard InChI is InChI=1S/C27H26N2/c1-27(2,3)21-16-20(17-28-18-21)19-12-14-22(15-13-19)29-25-10-6-4-8-23(25)24-9-5-7-11-26(24)29/h4-18,23,25H,1-3H3. The Morgan fingerprint density at radius 3 is 2.38 bits per heavy atom. The van der Waals surface area contributed by atoms with E-state index in [0.29, 0.717) is 12.0 Å². The van der Waals surface area contributed by atoms with Crippen LogP contribution < -0.4 is 4.90 Å². The summed E-state index contributed by atoms with van der Waals surface area (Å²) in [7, 11) is 0. The Labute approximate surface area is 173 Å². The van der Waals surface area contributed by atoms with Gasteiger partial charge in [-0.1, -0.05) is 75.4 Å². The molecule has 0 saturated heterocycles. The molecule has 1 aliphatic carbocycles. The van der Waals surface area contributed by atoms with E-state index in [1.165, 1.54) is 33.6 Å². The van der Waals surface area contributed by atoms with Gasteiger partial charge in [-0.2, -0.15) is 0 Å². The van der Waals surface area contributed by atoms with Gasteiger partial charge in [-0.25, -0.2) is 0 Å². The lowest BCUT2D eigenvalue weighted by Crippen LogP contribution is -2.28. The molecule has 2 atom stereocenters. The molecular formula is C27H26N2. The molecule has 2 heterocycles. The number of rotatable bonds is 2. The minimum absolute atomic E-state index is 0.0953. The molecule has 3 aromatic rings. The van der Waals surface area contributed by atoms with Crippen molar-refractivity contribution in [2.45, 2.75) is 38.1 Å². The fourth-order valence-corrected chi connectivity index (χ4v) is 4.41. The van der Waals surface area contributed by atoms with Gasteiger partial charge >= 0.3 is 0 Å².